The summed E-state index contributed by atoms with van der Waals surface area (Å²) in [6, 6.07) is 8.10. The lowest BCUT2D eigenvalue weighted by Gasteiger charge is -2.27. The summed E-state index contributed by atoms with van der Waals surface area (Å²) in [5.41, 5.74) is 2.25. The summed E-state index contributed by atoms with van der Waals surface area (Å²) in [6.07, 6.45) is 4.74. The van der Waals surface area contributed by atoms with Gasteiger partial charge in [-0.1, -0.05) is 32.9 Å². The molecule has 0 saturated heterocycles. The van der Waals surface area contributed by atoms with Gasteiger partial charge < -0.3 is 3.79 Å². The third-order valence-corrected chi connectivity index (χ3v) is 3.71. The van der Waals surface area contributed by atoms with E-state index in [2.05, 4.69) is 54.6 Å². The molecule has 1 aromatic carbocycles. The van der Waals surface area contributed by atoms with Crippen LogP contribution in [0, 0.1) is 0 Å². The van der Waals surface area contributed by atoms with Crippen LogP contribution < -0.4 is 3.79 Å². The molecule has 0 spiro atoms. The van der Waals surface area contributed by atoms with Crippen LogP contribution in [0.15, 0.2) is 36.7 Å². The topological polar surface area (TPSA) is 27.1 Å². The second-order valence-corrected chi connectivity index (χ2v) is 5.20. The van der Waals surface area contributed by atoms with E-state index < -0.39 is 0 Å². The first-order chi connectivity index (χ1) is 8.60. The van der Waals surface area contributed by atoms with Crippen molar-refractivity contribution >= 4 is 16.6 Å². The van der Waals surface area contributed by atoms with Gasteiger partial charge in [0.1, 0.15) is 11.4 Å². The molecule has 2 radical (unpaired) electrons. The summed E-state index contributed by atoms with van der Waals surface area (Å²) >= 11 is 2.34. The van der Waals surface area contributed by atoms with Gasteiger partial charge in [0.15, 0.2) is 0 Å². The van der Waals surface area contributed by atoms with Gasteiger partial charge in [0.2, 0.25) is 0 Å². The summed E-state index contributed by atoms with van der Waals surface area (Å²) < 4.78 is 7.37. The van der Waals surface area contributed by atoms with Crippen LogP contribution in [0.4, 0.5) is 0 Å². The number of hydrogen-bond donors (Lipinski definition) is 0. The molecule has 92 valence electrons. The molecule has 0 aliphatic carbocycles. The van der Waals surface area contributed by atoms with Crippen LogP contribution in [0.5, 0.6) is 5.75 Å². The Bertz CT molecular complexity index is 521. The molecular weight excluding hydrogens is 239 g/mol. The number of benzene rings is 1. The molecule has 2 aromatic rings. The van der Waals surface area contributed by atoms with Crippen LogP contribution in [0.1, 0.15) is 32.8 Å². The molecule has 0 amide bonds. The molecule has 0 saturated carbocycles. The fourth-order valence-corrected chi connectivity index (χ4v) is 2.21. The molecule has 0 aliphatic heterocycles. The molecule has 1 heterocycles. The van der Waals surface area contributed by atoms with E-state index in [1.54, 1.807) is 6.20 Å². The summed E-state index contributed by atoms with van der Waals surface area (Å²) in [5.74, 6) is 0.873. The SMILES string of the molecule is CCC(C)(C)c1cccc(-n2cccn2)c1[O][Al]. The molecule has 1 aromatic heterocycles. The Morgan fingerprint density at radius 3 is 2.67 bits per heavy atom. The maximum absolute atomic E-state index is 5.54. The average molecular weight is 256 g/mol. The Hall–Kier alpha value is -1.24. The first-order valence-corrected chi connectivity index (χ1v) is 6.57. The van der Waals surface area contributed by atoms with Crippen molar-refractivity contribution in [3.05, 3.63) is 42.2 Å². The standard InChI is InChI=1S/C14H18N2O.Al/c1-4-14(2,3)11-7-5-8-12(13(11)17)16-10-6-9-15-16;/h5-10,17H,4H2,1-3H3;/q;+1/p-1. The lowest BCUT2D eigenvalue weighted by molar-refractivity contribution is 0.478. The van der Waals surface area contributed by atoms with E-state index in [1.807, 2.05) is 23.0 Å². The van der Waals surface area contributed by atoms with Gasteiger partial charge in [-0.25, -0.2) is 4.68 Å². The zero-order chi connectivity index (χ0) is 13.2. The van der Waals surface area contributed by atoms with Crippen molar-refractivity contribution in [1.82, 2.24) is 9.78 Å². The van der Waals surface area contributed by atoms with E-state index in [0.717, 1.165) is 17.9 Å². The minimum atomic E-state index is 0.0784. The van der Waals surface area contributed by atoms with Gasteiger partial charge >= 0.3 is 16.6 Å². The van der Waals surface area contributed by atoms with E-state index in [1.165, 1.54) is 5.56 Å². The van der Waals surface area contributed by atoms with Gasteiger partial charge in [-0.3, -0.25) is 0 Å². The summed E-state index contributed by atoms with van der Waals surface area (Å²) in [6.45, 7) is 6.64. The van der Waals surface area contributed by atoms with Crippen molar-refractivity contribution in [3.63, 3.8) is 0 Å². The second-order valence-electron chi connectivity index (χ2n) is 4.96. The molecule has 0 N–H and O–H groups in total. The molecule has 4 heteroatoms. The van der Waals surface area contributed by atoms with Crippen molar-refractivity contribution < 1.29 is 3.79 Å². The van der Waals surface area contributed by atoms with Crippen molar-refractivity contribution in [3.8, 4) is 11.4 Å². The Kier molecular flexibility index (Phi) is 3.80. The first kappa shape index (κ1) is 13.2. The van der Waals surface area contributed by atoms with Gasteiger partial charge in [0.25, 0.3) is 0 Å². The first-order valence-electron chi connectivity index (χ1n) is 6.10. The molecule has 0 atom stereocenters. The van der Waals surface area contributed by atoms with Gasteiger partial charge in [-0.05, 0) is 29.5 Å². The number of rotatable bonds is 4. The van der Waals surface area contributed by atoms with E-state index in [9.17, 15) is 0 Å². The smallest absolute Gasteiger partial charge is 0.482 e. The minimum absolute atomic E-state index is 0.0784. The van der Waals surface area contributed by atoms with Gasteiger partial charge in [0.05, 0.1) is 0 Å². The lowest BCUT2D eigenvalue weighted by Crippen LogP contribution is -2.18. The molecule has 2 rings (SSSR count). The third-order valence-electron chi connectivity index (χ3n) is 3.48. The van der Waals surface area contributed by atoms with E-state index in [-0.39, 0.29) is 5.41 Å². The van der Waals surface area contributed by atoms with Crippen LogP contribution in [0.2, 0.25) is 0 Å². The highest BCUT2D eigenvalue weighted by atomic mass is 27.1. The zero-order valence-corrected chi connectivity index (χ0v) is 12.2. The highest BCUT2D eigenvalue weighted by Gasteiger charge is 2.23. The Morgan fingerprint density at radius 1 is 1.33 bits per heavy atom. The Morgan fingerprint density at radius 2 is 2.11 bits per heavy atom. The predicted molar refractivity (Wildman–Crippen MR) is 73.3 cm³/mol. The maximum Gasteiger partial charge on any atom is 0.482 e. The van der Waals surface area contributed by atoms with Crippen molar-refractivity contribution in [2.45, 2.75) is 32.6 Å². The third kappa shape index (κ3) is 2.31. The van der Waals surface area contributed by atoms with E-state index >= 15 is 0 Å². The van der Waals surface area contributed by atoms with Crippen molar-refractivity contribution in [1.29, 1.82) is 0 Å². The molecular formula is C14H17AlN2O. The van der Waals surface area contributed by atoms with Crippen LogP contribution in [0.3, 0.4) is 0 Å². The Labute approximate surface area is 117 Å². The van der Waals surface area contributed by atoms with Crippen molar-refractivity contribution in [2.75, 3.05) is 0 Å². The number of nitrogens with zero attached hydrogens (tertiary/aromatic N) is 2. The maximum atomic E-state index is 5.54. The lowest BCUT2D eigenvalue weighted by atomic mass is 9.81. The summed E-state index contributed by atoms with van der Waals surface area (Å²) in [5, 5.41) is 4.27. The second kappa shape index (κ2) is 5.18. The van der Waals surface area contributed by atoms with Crippen LogP contribution in [0.25, 0.3) is 5.69 Å². The molecule has 0 unspecified atom stereocenters. The van der Waals surface area contributed by atoms with Gasteiger partial charge in [0, 0.05) is 12.4 Å². The zero-order valence-electron chi connectivity index (χ0n) is 11.1. The highest BCUT2D eigenvalue weighted by molar-refractivity contribution is 6.00. The predicted octanol–water partition coefficient (Wildman–Crippen LogP) is 3.02. The van der Waals surface area contributed by atoms with Crippen molar-refractivity contribution in [2.24, 2.45) is 0 Å². The molecule has 0 bridgehead atoms. The number of hydrogen-bond acceptors (Lipinski definition) is 2. The quantitative estimate of drug-likeness (QED) is 0.786. The minimum Gasteiger partial charge on any atom is -0.652 e. The summed E-state index contributed by atoms with van der Waals surface area (Å²) in [4.78, 5) is 0. The fraction of sp³-hybridized carbons (Fsp3) is 0.357. The molecule has 0 aliphatic rings. The van der Waals surface area contributed by atoms with E-state index in [4.69, 9.17) is 3.79 Å². The molecule has 3 nitrogen and oxygen atoms in total. The van der Waals surface area contributed by atoms with Gasteiger partial charge in [-0.2, -0.15) is 5.10 Å². The largest absolute Gasteiger partial charge is 0.652 e. The molecule has 18 heavy (non-hydrogen) atoms. The van der Waals surface area contributed by atoms with Crippen LogP contribution in [-0.4, -0.2) is 26.4 Å². The number of para-hydroxylation sites is 1. The monoisotopic (exact) mass is 256 g/mol. The van der Waals surface area contributed by atoms with E-state index in [0.29, 0.717) is 0 Å². The summed E-state index contributed by atoms with van der Waals surface area (Å²) in [7, 11) is 0. The van der Waals surface area contributed by atoms with Gasteiger partial charge in [-0.15, -0.1) is 0 Å². The number of aromatic nitrogens is 2. The van der Waals surface area contributed by atoms with Crippen LogP contribution >= 0.6 is 0 Å². The average Bonchev–Trinajstić information content (AvgIpc) is 2.91. The fourth-order valence-electron chi connectivity index (χ4n) is 1.96. The highest BCUT2D eigenvalue weighted by Crippen LogP contribution is 2.37. The Balaban J connectivity index is 2.60. The van der Waals surface area contributed by atoms with Crippen LogP contribution in [-0.2, 0) is 5.41 Å². The normalized spacial score (nSPS) is 11.5. The molecule has 0 fully saturated rings.